The Morgan fingerprint density at radius 3 is 2.50 bits per heavy atom. The van der Waals surface area contributed by atoms with Gasteiger partial charge in [0.25, 0.3) is 0 Å². The monoisotopic (exact) mass is 277 g/mol. The number of carboxylic acid groups (broad SMARTS) is 1. The lowest BCUT2D eigenvalue weighted by atomic mass is 10.4. The molecule has 0 aliphatic carbocycles. The zero-order valence-corrected chi connectivity index (χ0v) is 10.1. The van der Waals surface area contributed by atoms with Crippen molar-refractivity contribution in [3.8, 4) is 0 Å². The normalized spacial score (nSPS) is 11.4. The number of carboxylic acids is 1. The van der Waals surface area contributed by atoms with Crippen molar-refractivity contribution in [2.75, 3.05) is 19.8 Å². The molecule has 1 aromatic rings. The molecule has 1 rings (SSSR count). The molecule has 0 saturated heterocycles. The molecule has 0 heterocycles. The second-order valence-electron chi connectivity index (χ2n) is 3.30. The summed E-state index contributed by atoms with van der Waals surface area (Å²) in [6.45, 7) is -0.613. The lowest BCUT2D eigenvalue weighted by Crippen LogP contribution is -2.28. The van der Waals surface area contributed by atoms with Gasteiger partial charge in [0.15, 0.2) is 0 Å². The van der Waals surface area contributed by atoms with Crippen LogP contribution in [-0.2, 0) is 19.6 Å². The van der Waals surface area contributed by atoms with Crippen molar-refractivity contribution in [1.82, 2.24) is 4.72 Å². The highest BCUT2D eigenvalue weighted by atomic mass is 32.2. The summed E-state index contributed by atoms with van der Waals surface area (Å²) in [4.78, 5) is 10.0. The first kappa shape index (κ1) is 14.6. The van der Waals surface area contributed by atoms with Crippen molar-refractivity contribution in [2.45, 2.75) is 4.90 Å². The second-order valence-corrected chi connectivity index (χ2v) is 5.06. The van der Waals surface area contributed by atoms with Gasteiger partial charge >= 0.3 is 5.97 Å². The molecular weight excluding hydrogens is 265 g/mol. The van der Waals surface area contributed by atoms with Crippen LogP contribution in [-0.4, -0.2) is 39.3 Å². The molecule has 0 saturated carbocycles. The van der Waals surface area contributed by atoms with Crippen LogP contribution in [0.25, 0.3) is 0 Å². The Morgan fingerprint density at radius 1 is 1.33 bits per heavy atom. The average molecular weight is 277 g/mol. The number of benzene rings is 1. The standard InChI is InChI=1S/C10H12FNO5S/c11-8-1-3-9(4-2-8)18(15,16)12-5-6-17-7-10(13)14/h1-4,12H,5-7H2,(H,13,14). The highest BCUT2D eigenvalue weighted by Crippen LogP contribution is 2.08. The Bertz CT molecular complexity index is 500. The predicted molar refractivity (Wildman–Crippen MR) is 60.0 cm³/mol. The minimum Gasteiger partial charge on any atom is -0.480 e. The maximum absolute atomic E-state index is 12.6. The molecule has 6 nitrogen and oxygen atoms in total. The largest absolute Gasteiger partial charge is 0.480 e. The number of carbonyl (C=O) groups is 1. The van der Waals surface area contributed by atoms with Gasteiger partial charge in [0.1, 0.15) is 12.4 Å². The van der Waals surface area contributed by atoms with E-state index < -0.39 is 28.4 Å². The van der Waals surface area contributed by atoms with Gasteiger partial charge in [0, 0.05) is 6.54 Å². The van der Waals surface area contributed by atoms with E-state index in [1.807, 2.05) is 0 Å². The third-order valence-corrected chi connectivity index (χ3v) is 3.36. The van der Waals surface area contributed by atoms with Crippen LogP contribution in [0.4, 0.5) is 4.39 Å². The van der Waals surface area contributed by atoms with E-state index in [2.05, 4.69) is 9.46 Å². The number of hydrogen-bond donors (Lipinski definition) is 2. The van der Waals surface area contributed by atoms with Crippen LogP contribution in [0.1, 0.15) is 0 Å². The van der Waals surface area contributed by atoms with Crippen molar-refractivity contribution < 1.29 is 27.4 Å². The van der Waals surface area contributed by atoms with Gasteiger partial charge in [-0.15, -0.1) is 0 Å². The lowest BCUT2D eigenvalue weighted by Gasteiger charge is -2.06. The average Bonchev–Trinajstić information content (AvgIpc) is 2.28. The fourth-order valence-electron chi connectivity index (χ4n) is 1.10. The van der Waals surface area contributed by atoms with Crippen molar-refractivity contribution in [1.29, 1.82) is 0 Å². The molecule has 0 bridgehead atoms. The van der Waals surface area contributed by atoms with E-state index in [-0.39, 0.29) is 18.0 Å². The van der Waals surface area contributed by atoms with Crippen LogP contribution in [0, 0.1) is 5.82 Å². The molecule has 0 spiro atoms. The number of nitrogens with one attached hydrogen (secondary N) is 1. The molecular formula is C10H12FNO5S. The lowest BCUT2D eigenvalue weighted by molar-refractivity contribution is -0.142. The van der Waals surface area contributed by atoms with E-state index in [0.29, 0.717) is 0 Å². The quantitative estimate of drug-likeness (QED) is 0.695. The van der Waals surface area contributed by atoms with Gasteiger partial charge in [-0.05, 0) is 24.3 Å². The predicted octanol–water partition coefficient (Wildman–Crippen LogP) is 0.205. The first-order chi connectivity index (χ1) is 8.42. The maximum atomic E-state index is 12.6. The van der Waals surface area contributed by atoms with Crippen LogP contribution in [0.15, 0.2) is 29.2 Å². The summed E-state index contributed by atoms with van der Waals surface area (Å²) in [6, 6.07) is 4.34. The van der Waals surface area contributed by atoms with Gasteiger partial charge in [0.05, 0.1) is 11.5 Å². The topological polar surface area (TPSA) is 92.7 Å². The minimum absolute atomic E-state index is 0.0625. The molecule has 100 valence electrons. The summed E-state index contributed by atoms with van der Waals surface area (Å²) < 4.78 is 42.7. The van der Waals surface area contributed by atoms with Crippen molar-refractivity contribution >= 4 is 16.0 Å². The molecule has 0 aromatic heterocycles. The summed E-state index contributed by atoms with van der Waals surface area (Å²) in [7, 11) is -3.72. The second kappa shape index (κ2) is 6.43. The summed E-state index contributed by atoms with van der Waals surface area (Å²) in [5.41, 5.74) is 0. The number of sulfonamides is 1. The molecule has 2 N–H and O–H groups in total. The van der Waals surface area contributed by atoms with Crippen molar-refractivity contribution in [3.05, 3.63) is 30.1 Å². The van der Waals surface area contributed by atoms with Gasteiger partial charge in [-0.2, -0.15) is 0 Å². The molecule has 0 amide bonds. The van der Waals surface area contributed by atoms with Crippen molar-refractivity contribution in [2.24, 2.45) is 0 Å². The van der Waals surface area contributed by atoms with Crippen LogP contribution in [0.3, 0.4) is 0 Å². The van der Waals surface area contributed by atoms with E-state index in [9.17, 15) is 17.6 Å². The smallest absolute Gasteiger partial charge is 0.329 e. The maximum Gasteiger partial charge on any atom is 0.329 e. The molecule has 0 unspecified atom stereocenters. The molecule has 8 heteroatoms. The van der Waals surface area contributed by atoms with Crippen LogP contribution < -0.4 is 4.72 Å². The van der Waals surface area contributed by atoms with E-state index in [4.69, 9.17) is 5.11 Å². The zero-order valence-electron chi connectivity index (χ0n) is 9.30. The molecule has 0 aliphatic rings. The molecule has 18 heavy (non-hydrogen) atoms. The first-order valence-electron chi connectivity index (χ1n) is 4.96. The number of halogens is 1. The van der Waals surface area contributed by atoms with Gasteiger partial charge < -0.3 is 9.84 Å². The van der Waals surface area contributed by atoms with Crippen LogP contribution in [0.5, 0.6) is 0 Å². The summed E-state index contributed by atoms with van der Waals surface area (Å²) in [5, 5.41) is 8.28. The third-order valence-electron chi connectivity index (χ3n) is 1.89. The zero-order chi connectivity index (χ0) is 13.6. The summed E-state index contributed by atoms with van der Waals surface area (Å²) >= 11 is 0. The Hall–Kier alpha value is -1.51. The Balaban J connectivity index is 2.45. The Kier molecular flexibility index (Phi) is 5.20. The summed E-state index contributed by atoms with van der Waals surface area (Å²) in [6.07, 6.45) is 0. The fourth-order valence-corrected chi connectivity index (χ4v) is 2.12. The van der Waals surface area contributed by atoms with Gasteiger partial charge in [-0.25, -0.2) is 22.3 Å². The molecule has 0 aliphatic heterocycles. The fraction of sp³-hybridized carbons (Fsp3) is 0.300. The van der Waals surface area contributed by atoms with E-state index in [0.717, 1.165) is 24.3 Å². The van der Waals surface area contributed by atoms with Crippen LogP contribution >= 0.6 is 0 Å². The van der Waals surface area contributed by atoms with Gasteiger partial charge in [-0.1, -0.05) is 0 Å². The molecule has 0 atom stereocenters. The van der Waals surface area contributed by atoms with Crippen LogP contribution in [0.2, 0.25) is 0 Å². The number of rotatable bonds is 7. The van der Waals surface area contributed by atoms with Crippen molar-refractivity contribution in [3.63, 3.8) is 0 Å². The SMILES string of the molecule is O=C(O)COCCNS(=O)(=O)c1ccc(F)cc1. The molecule has 1 aromatic carbocycles. The Morgan fingerprint density at radius 2 is 1.94 bits per heavy atom. The van der Waals surface area contributed by atoms with Gasteiger partial charge in [0.2, 0.25) is 10.0 Å². The number of aliphatic carboxylic acids is 1. The highest BCUT2D eigenvalue weighted by molar-refractivity contribution is 7.89. The molecule has 0 radical (unpaired) electrons. The van der Waals surface area contributed by atoms with E-state index >= 15 is 0 Å². The third kappa shape index (κ3) is 4.78. The number of ether oxygens (including phenoxy) is 1. The number of hydrogen-bond acceptors (Lipinski definition) is 4. The van der Waals surface area contributed by atoms with E-state index in [1.165, 1.54) is 0 Å². The minimum atomic E-state index is -3.72. The van der Waals surface area contributed by atoms with E-state index in [1.54, 1.807) is 0 Å². The highest BCUT2D eigenvalue weighted by Gasteiger charge is 2.12. The molecule has 0 fully saturated rings. The van der Waals surface area contributed by atoms with Gasteiger partial charge in [-0.3, -0.25) is 0 Å². The summed E-state index contributed by atoms with van der Waals surface area (Å²) in [5.74, 6) is -1.66. The Labute approximate surface area is 103 Å². The first-order valence-corrected chi connectivity index (χ1v) is 6.45.